The highest BCUT2D eigenvalue weighted by Crippen LogP contribution is 2.53. The summed E-state index contributed by atoms with van der Waals surface area (Å²) in [6.07, 6.45) is 5.45. The van der Waals surface area contributed by atoms with Crippen LogP contribution >= 0.6 is 0 Å². The van der Waals surface area contributed by atoms with Gasteiger partial charge in [0.15, 0.2) is 0 Å². The number of hydrogen-bond donors (Lipinski definition) is 0. The minimum atomic E-state index is -0.325. The van der Waals surface area contributed by atoms with Gasteiger partial charge in [0.1, 0.15) is 18.5 Å². The third kappa shape index (κ3) is 2.42. The average molecular weight is 270 g/mol. The molecule has 1 aliphatic rings. The zero-order chi connectivity index (χ0) is 14.0. The van der Waals surface area contributed by atoms with Crippen molar-refractivity contribution in [1.29, 1.82) is 5.26 Å². The quantitative estimate of drug-likeness (QED) is 0.839. The van der Waals surface area contributed by atoms with Gasteiger partial charge in [-0.1, -0.05) is 18.2 Å². The van der Waals surface area contributed by atoms with E-state index in [0.29, 0.717) is 18.5 Å². The first-order valence-electron chi connectivity index (χ1n) is 6.70. The van der Waals surface area contributed by atoms with Crippen LogP contribution in [-0.4, -0.2) is 14.8 Å². The summed E-state index contributed by atoms with van der Waals surface area (Å²) in [6, 6.07) is 9.19. The number of nitrogens with zero attached hydrogens (tertiary/aromatic N) is 4. The summed E-state index contributed by atoms with van der Waals surface area (Å²) in [6.45, 7) is 0.599. The van der Waals surface area contributed by atoms with E-state index in [9.17, 15) is 9.65 Å². The highest BCUT2D eigenvalue weighted by molar-refractivity contribution is 5.21. The maximum Gasteiger partial charge on any atom is 0.137 e. The van der Waals surface area contributed by atoms with Crippen LogP contribution in [0.4, 0.5) is 4.39 Å². The molecule has 0 saturated heterocycles. The molecule has 3 rings (SSSR count). The molecule has 1 atom stereocenters. The predicted octanol–water partition coefficient (Wildman–Crippen LogP) is 2.58. The first-order valence-corrected chi connectivity index (χ1v) is 6.70. The van der Waals surface area contributed by atoms with Crippen LogP contribution in [0, 0.1) is 28.5 Å². The van der Waals surface area contributed by atoms with Gasteiger partial charge in [-0.15, -0.1) is 0 Å². The van der Waals surface area contributed by atoms with Crippen molar-refractivity contribution < 1.29 is 4.39 Å². The molecule has 0 bridgehead atoms. The fraction of sp³-hybridized carbons (Fsp3) is 0.400. The van der Waals surface area contributed by atoms with Gasteiger partial charge in [-0.25, -0.2) is 9.37 Å². The normalized spacial score (nSPS) is 17.4. The molecule has 1 heterocycles. The minimum absolute atomic E-state index is 0.0612. The molecule has 0 N–H and O–H groups in total. The Kier molecular flexibility index (Phi) is 3.23. The molecule has 1 aromatic heterocycles. The topological polar surface area (TPSA) is 54.5 Å². The van der Waals surface area contributed by atoms with E-state index >= 15 is 0 Å². The predicted molar refractivity (Wildman–Crippen MR) is 70.9 cm³/mol. The van der Waals surface area contributed by atoms with Crippen molar-refractivity contribution in [2.24, 2.45) is 11.3 Å². The Morgan fingerprint density at radius 1 is 1.40 bits per heavy atom. The number of benzene rings is 1. The molecule has 1 unspecified atom stereocenters. The highest BCUT2D eigenvalue weighted by Gasteiger charge is 2.50. The second-order valence-electron chi connectivity index (χ2n) is 5.38. The maximum atomic E-state index is 13.8. The zero-order valence-electron chi connectivity index (χ0n) is 11.0. The van der Waals surface area contributed by atoms with E-state index in [1.165, 1.54) is 12.4 Å². The smallest absolute Gasteiger partial charge is 0.137 e. The van der Waals surface area contributed by atoms with Crippen LogP contribution in [-0.2, 0) is 13.0 Å². The van der Waals surface area contributed by atoms with E-state index in [0.717, 1.165) is 12.8 Å². The van der Waals surface area contributed by atoms with Crippen LogP contribution in [0.2, 0.25) is 0 Å². The van der Waals surface area contributed by atoms with Crippen LogP contribution in [0.1, 0.15) is 18.4 Å². The first-order chi connectivity index (χ1) is 9.73. The Hall–Kier alpha value is -2.22. The Morgan fingerprint density at radius 3 is 2.80 bits per heavy atom. The van der Waals surface area contributed by atoms with E-state index in [1.54, 1.807) is 23.1 Å². The van der Waals surface area contributed by atoms with Crippen molar-refractivity contribution in [3.05, 3.63) is 48.3 Å². The molecular formula is C15H15FN4. The molecule has 20 heavy (non-hydrogen) atoms. The Morgan fingerprint density at radius 2 is 2.20 bits per heavy atom. The van der Waals surface area contributed by atoms with Crippen LogP contribution in [0.15, 0.2) is 36.9 Å². The lowest BCUT2D eigenvalue weighted by atomic mass is 9.84. The van der Waals surface area contributed by atoms with Crippen molar-refractivity contribution in [2.75, 3.05) is 0 Å². The average Bonchev–Trinajstić information content (AvgIpc) is 3.10. The van der Waals surface area contributed by atoms with Crippen LogP contribution in [0.3, 0.4) is 0 Å². The van der Waals surface area contributed by atoms with E-state index in [2.05, 4.69) is 16.2 Å². The summed E-state index contributed by atoms with van der Waals surface area (Å²) < 4.78 is 15.5. The SMILES string of the molecule is N#CC1(C(Cc2ccccc2F)Cn2cncn2)CC1. The van der Waals surface area contributed by atoms with Gasteiger partial charge in [-0.2, -0.15) is 10.4 Å². The number of rotatable bonds is 5. The second-order valence-corrected chi connectivity index (χ2v) is 5.38. The van der Waals surface area contributed by atoms with Crippen molar-refractivity contribution >= 4 is 0 Å². The van der Waals surface area contributed by atoms with Gasteiger partial charge in [0.25, 0.3) is 0 Å². The van der Waals surface area contributed by atoms with Gasteiger partial charge in [-0.05, 0) is 30.9 Å². The van der Waals surface area contributed by atoms with Crippen LogP contribution in [0.5, 0.6) is 0 Å². The molecule has 1 fully saturated rings. The molecule has 4 nitrogen and oxygen atoms in total. The Balaban J connectivity index is 1.83. The van der Waals surface area contributed by atoms with Gasteiger partial charge >= 0.3 is 0 Å². The molecule has 0 spiro atoms. The van der Waals surface area contributed by atoms with Crippen molar-refractivity contribution in [3.63, 3.8) is 0 Å². The summed E-state index contributed by atoms with van der Waals surface area (Å²) in [5.74, 6) is -0.143. The lowest BCUT2D eigenvalue weighted by molar-refractivity contribution is 0.313. The monoisotopic (exact) mass is 270 g/mol. The Labute approximate surface area is 116 Å². The van der Waals surface area contributed by atoms with E-state index in [4.69, 9.17) is 0 Å². The van der Waals surface area contributed by atoms with Gasteiger partial charge in [0.2, 0.25) is 0 Å². The van der Waals surface area contributed by atoms with Crippen molar-refractivity contribution in [3.8, 4) is 6.07 Å². The summed E-state index contributed by atoms with van der Waals surface area (Å²) in [5, 5.41) is 13.5. The second kappa shape index (κ2) is 5.04. The van der Waals surface area contributed by atoms with Crippen molar-refractivity contribution in [1.82, 2.24) is 14.8 Å². The van der Waals surface area contributed by atoms with E-state index in [-0.39, 0.29) is 17.2 Å². The van der Waals surface area contributed by atoms with Crippen molar-refractivity contribution in [2.45, 2.75) is 25.8 Å². The zero-order valence-corrected chi connectivity index (χ0v) is 11.0. The van der Waals surface area contributed by atoms with Gasteiger partial charge < -0.3 is 0 Å². The fourth-order valence-electron chi connectivity index (χ4n) is 2.66. The van der Waals surface area contributed by atoms with Gasteiger partial charge in [0, 0.05) is 12.5 Å². The number of nitriles is 1. The molecule has 5 heteroatoms. The number of aromatic nitrogens is 3. The summed E-state index contributed by atoms with van der Waals surface area (Å²) in [4.78, 5) is 3.92. The molecule has 0 amide bonds. The lowest BCUT2D eigenvalue weighted by Gasteiger charge is -2.21. The summed E-state index contributed by atoms with van der Waals surface area (Å²) in [5.41, 5.74) is 0.341. The minimum Gasteiger partial charge on any atom is -0.253 e. The van der Waals surface area contributed by atoms with Crippen LogP contribution in [0.25, 0.3) is 0 Å². The number of halogens is 1. The standard InChI is InChI=1S/C15H15FN4/c16-14-4-2-1-3-12(14)7-13(15(9-17)5-6-15)8-20-11-18-10-19-20/h1-4,10-11,13H,5-8H2. The molecule has 0 radical (unpaired) electrons. The Bertz CT molecular complexity index is 626. The third-order valence-electron chi connectivity index (χ3n) is 4.09. The maximum absolute atomic E-state index is 13.8. The van der Waals surface area contributed by atoms with E-state index in [1.807, 2.05) is 6.07 Å². The van der Waals surface area contributed by atoms with Crippen LogP contribution < -0.4 is 0 Å². The third-order valence-corrected chi connectivity index (χ3v) is 4.09. The molecule has 0 aliphatic heterocycles. The molecular weight excluding hydrogens is 255 g/mol. The molecule has 2 aromatic rings. The first kappa shape index (κ1) is 12.8. The van der Waals surface area contributed by atoms with Gasteiger partial charge in [-0.3, -0.25) is 4.68 Å². The highest BCUT2D eigenvalue weighted by atomic mass is 19.1. The summed E-state index contributed by atoms with van der Waals surface area (Å²) >= 11 is 0. The molecule has 1 saturated carbocycles. The van der Waals surface area contributed by atoms with Gasteiger partial charge in [0.05, 0.1) is 11.5 Å². The molecule has 102 valence electrons. The molecule has 1 aliphatic carbocycles. The molecule has 1 aromatic carbocycles. The fourth-order valence-corrected chi connectivity index (χ4v) is 2.66. The number of hydrogen-bond acceptors (Lipinski definition) is 3. The lowest BCUT2D eigenvalue weighted by Crippen LogP contribution is -2.23. The van der Waals surface area contributed by atoms with E-state index < -0.39 is 0 Å². The summed E-state index contributed by atoms with van der Waals surface area (Å²) in [7, 11) is 0. The largest absolute Gasteiger partial charge is 0.253 e.